The molecule has 2 aromatic rings. The average molecular weight is 579 g/mol. The van der Waals surface area contributed by atoms with Gasteiger partial charge in [-0.15, -0.1) is 0 Å². The van der Waals surface area contributed by atoms with Crippen molar-refractivity contribution in [1.29, 1.82) is 0 Å². The first-order valence-electron chi connectivity index (χ1n) is 15.3. The van der Waals surface area contributed by atoms with Gasteiger partial charge >= 0.3 is 0 Å². The molecule has 3 aliphatic rings. The molecule has 0 amide bonds. The van der Waals surface area contributed by atoms with Crippen molar-refractivity contribution < 1.29 is 20.1 Å². The number of aliphatic hydroxyl groups is 2. The lowest BCUT2D eigenvalue weighted by Crippen LogP contribution is -2.59. The summed E-state index contributed by atoms with van der Waals surface area (Å²) in [5.74, 6) is 0.0524. The molecule has 43 heavy (non-hydrogen) atoms. The number of carbonyl (C=O) groups is 1. The van der Waals surface area contributed by atoms with E-state index in [0.717, 1.165) is 39.0 Å². The van der Waals surface area contributed by atoms with Gasteiger partial charge in [-0.3, -0.25) is 4.79 Å². The van der Waals surface area contributed by atoms with Crippen LogP contribution in [0.2, 0.25) is 0 Å². The number of phenolic OH excluding ortho intramolecular Hbond substituents is 1. The van der Waals surface area contributed by atoms with Gasteiger partial charge in [-0.2, -0.15) is 0 Å². The van der Waals surface area contributed by atoms with Crippen molar-refractivity contribution in [3.63, 3.8) is 0 Å². The Labute approximate surface area is 256 Å². The Morgan fingerprint density at radius 2 is 1.72 bits per heavy atom. The molecule has 4 heteroatoms. The number of carbonyl (C=O) groups excluding carboxylic acids is 1. The number of aliphatic hydroxyl groups excluding tert-OH is 1. The smallest absolute Gasteiger partial charge is 0.152 e. The van der Waals surface area contributed by atoms with E-state index in [1.165, 1.54) is 0 Å². The van der Waals surface area contributed by atoms with Crippen LogP contribution < -0.4 is 0 Å². The lowest BCUT2D eigenvalue weighted by atomic mass is 9.47. The number of aryl methyl sites for hydroxylation is 1. The highest BCUT2D eigenvalue weighted by Crippen LogP contribution is 2.66. The van der Waals surface area contributed by atoms with E-state index in [0.29, 0.717) is 47.1 Å². The molecule has 0 bridgehead atoms. The van der Waals surface area contributed by atoms with Gasteiger partial charge < -0.3 is 15.3 Å². The van der Waals surface area contributed by atoms with Crippen LogP contribution in [0, 0.1) is 17.8 Å². The van der Waals surface area contributed by atoms with Crippen LogP contribution in [0.1, 0.15) is 93.7 Å². The molecule has 0 fully saturated rings. The normalized spacial score (nSPS) is 26.8. The second-order valence-corrected chi connectivity index (χ2v) is 14.3. The van der Waals surface area contributed by atoms with Crippen molar-refractivity contribution in [3.8, 4) is 5.75 Å². The van der Waals surface area contributed by atoms with Crippen LogP contribution in [0.5, 0.6) is 5.75 Å². The van der Waals surface area contributed by atoms with Crippen LogP contribution in [-0.2, 0) is 24.1 Å². The Bertz CT molecular complexity index is 1680. The summed E-state index contributed by atoms with van der Waals surface area (Å²) in [4.78, 5) is 13.3. The molecule has 0 heterocycles. The predicted octanol–water partition coefficient (Wildman–Crippen LogP) is 8.56. The zero-order valence-electron chi connectivity index (χ0n) is 26.9. The second kappa shape index (κ2) is 10.2. The van der Waals surface area contributed by atoms with Crippen molar-refractivity contribution in [2.45, 2.75) is 92.1 Å². The van der Waals surface area contributed by atoms with E-state index in [9.17, 15) is 20.1 Å². The molecule has 0 aliphatic heterocycles. The van der Waals surface area contributed by atoms with Crippen LogP contribution >= 0.6 is 0 Å². The monoisotopic (exact) mass is 578 g/mol. The lowest BCUT2D eigenvalue weighted by Gasteiger charge is -2.59. The largest absolute Gasteiger partial charge is 0.509 e. The molecule has 0 unspecified atom stereocenters. The number of hydrogen-bond acceptors (Lipinski definition) is 4. The molecule has 3 atom stereocenters. The van der Waals surface area contributed by atoms with Gasteiger partial charge in [-0.1, -0.05) is 94.5 Å². The molecule has 3 N–H and O–H groups in total. The molecule has 0 saturated carbocycles. The van der Waals surface area contributed by atoms with Gasteiger partial charge in [0.15, 0.2) is 5.60 Å². The number of aromatic hydroxyl groups is 1. The first-order chi connectivity index (χ1) is 19.9. The van der Waals surface area contributed by atoms with Gasteiger partial charge in [0.25, 0.3) is 0 Å². The predicted molar refractivity (Wildman–Crippen MR) is 175 cm³/mol. The van der Waals surface area contributed by atoms with Crippen molar-refractivity contribution in [3.05, 3.63) is 117 Å². The fraction of sp³-hybridized carbons (Fsp3) is 0.410. The highest BCUT2D eigenvalue weighted by molar-refractivity contribution is 5.91. The Kier molecular flexibility index (Phi) is 7.33. The van der Waals surface area contributed by atoms with Crippen LogP contribution in [-0.4, -0.2) is 26.7 Å². The van der Waals surface area contributed by atoms with Crippen molar-refractivity contribution in [2.75, 3.05) is 0 Å². The first kappa shape index (κ1) is 30.8. The number of benzene rings is 2. The summed E-state index contributed by atoms with van der Waals surface area (Å²) in [7, 11) is 0. The van der Waals surface area contributed by atoms with E-state index in [1.54, 1.807) is 0 Å². The Balaban J connectivity index is 1.65. The third-order valence-electron chi connectivity index (χ3n) is 10.3. The number of rotatable bonds is 6. The summed E-state index contributed by atoms with van der Waals surface area (Å²) in [6.45, 7) is 27.3. The van der Waals surface area contributed by atoms with Gasteiger partial charge in [0, 0.05) is 40.4 Å². The molecule has 5 rings (SSSR count). The number of allylic oxidation sites excluding steroid dienone is 4. The fourth-order valence-corrected chi connectivity index (χ4v) is 8.72. The molecule has 0 aromatic heterocycles. The summed E-state index contributed by atoms with van der Waals surface area (Å²) in [6, 6.07) is 9.91. The van der Waals surface area contributed by atoms with Gasteiger partial charge in [-0.25, -0.2) is 0 Å². The number of Topliss-reactive ketones (excluding diaryl/α,β-unsaturated/α-hetero) is 1. The maximum Gasteiger partial charge on any atom is 0.152 e. The maximum atomic E-state index is 13.3. The van der Waals surface area contributed by atoms with Crippen LogP contribution in [0.3, 0.4) is 0 Å². The highest BCUT2D eigenvalue weighted by Gasteiger charge is 2.63. The van der Waals surface area contributed by atoms with Crippen LogP contribution in [0.4, 0.5) is 0 Å². The third-order valence-corrected chi connectivity index (χ3v) is 10.3. The van der Waals surface area contributed by atoms with E-state index in [2.05, 4.69) is 47.4 Å². The number of phenols is 1. The van der Waals surface area contributed by atoms with Crippen molar-refractivity contribution in [1.82, 2.24) is 0 Å². The van der Waals surface area contributed by atoms with E-state index in [-0.39, 0.29) is 36.1 Å². The van der Waals surface area contributed by atoms with Gasteiger partial charge in [0.1, 0.15) is 17.3 Å². The Morgan fingerprint density at radius 1 is 1.05 bits per heavy atom. The molecule has 0 radical (unpaired) electrons. The number of hydrogen-bond donors (Lipinski definition) is 3. The van der Waals surface area contributed by atoms with Gasteiger partial charge in [0.05, 0.1) is 0 Å². The summed E-state index contributed by atoms with van der Waals surface area (Å²) in [5.41, 5.74) is 6.59. The zero-order chi connectivity index (χ0) is 31.8. The highest BCUT2D eigenvalue weighted by atomic mass is 16.3. The van der Waals surface area contributed by atoms with Gasteiger partial charge in [-0.05, 0) is 79.4 Å². The minimum absolute atomic E-state index is 0.0135. The van der Waals surface area contributed by atoms with E-state index in [4.69, 9.17) is 0 Å². The molecule has 226 valence electrons. The minimum Gasteiger partial charge on any atom is -0.509 e. The Hall–Kier alpha value is -3.63. The molecular formula is C39H46O4. The number of ketones is 1. The van der Waals surface area contributed by atoms with Crippen LogP contribution in [0.25, 0.3) is 5.57 Å². The third kappa shape index (κ3) is 4.57. The fourth-order valence-electron chi connectivity index (χ4n) is 8.72. The summed E-state index contributed by atoms with van der Waals surface area (Å²) in [6.07, 6.45) is 2.15. The SMILES string of the molecule is C=C(C)C1=C(C)C[C@@]2(C)C[C@@]3(C)Cc4c(C(C)C)cc(CC(=O)Cc5cccc(C)c5)c(O)c4C(=C)C3=C(O)[C@@]2(O)C1=C. The lowest BCUT2D eigenvalue weighted by molar-refractivity contribution is -0.117. The molecule has 0 spiro atoms. The van der Waals surface area contributed by atoms with Crippen LogP contribution in [0.15, 0.2) is 83.7 Å². The van der Waals surface area contributed by atoms with E-state index < -0.39 is 16.4 Å². The zero-order valence-corrected chi connectivity index (χ0v) is 26.9. The van der Waals surface area contributed by atoms with Gasteiger partial charge in [0.2, 0.25) is 0 Å². The van der Waals surface area contributed by atoms with Crippen molar-refractivity contribution in [2.24, 2.45) is 10.8 Å². The average Bonchev–Trinajstić information content (AvgIpc) is 2.87. The molecule has 4 nitrogen and oxygen atoms in total. The maximum absolute atomic E-state index is 13.3. The van der Waals surface area contributed by atoms with E-state index in [1.807, 2.05) is 51.1 Å². The van der Waals surface area contributed by atoms with E-state index >= 15 is 0 Å². The Morgan fingerprint density at radius 3 is 2.33 bits per heavy atom. The topological polar surface area (TPSA) is 77.8 Å². The quantitative estimate of drug-likeness (QED) is 0.321. The minimum atomic E-state index is -1.70. The number of fused-ring (bicyclic) bond motifs is 3. The summed E-state index contributed by atoms with van der Waals surface area (Å²) >= 11 is 0. The summed E-state index contributed by atoms with van der Waals surface area (Å²) in [5, 5.41) is 36.4. The summed E-state index contributed by atoms with van der Waals surface area (Å²) < 4.78 is 0. The molecule has 2 aromatic carbocycles. The van der Waals surface area contributed by atoms with Crippen molar-refractivity contribution >= 4 is 11.4 Å². The standard InChI is InChI=1S/C39H46O4/c1-21(2)30-17-28(16-29(40)15-27-13-11-12-23(5)14-27)35(41)33-25(7)34-36(42)39(43)26(8)32(22(3)4)24(6)18-38(39,10)20-37(34,9)19-31(30)33/h11-14,17,21,41-43H,3,7-8,15-16,18-20H2,1-2,4-6,9-10H3/t37-,38+,39+/m1/s1. The molecule has 0 saturated heterocycles. The second-order valence-electron chi connectivity index (χ2n) is 14.3. The molecule has 3 aliphatic carbocycles. The molecular weight excluding hydrogens is 532 g/mol. The first-order valence-corrected chi connectivity index (χ1v) is 15.3.